The van der Waals surface area contributed by atoms with Gasteiger partial charge in [-0.3, -0.25) is 4.79 Å². The Balaban J connectivity index is 2.22. The molecule has 2 aromatic rings. The van der Waals surface area contributed by atoms with Gasteiger partial charge < -0.3 is 15.4 Å². The van der Waals surface area contributed by atoms with Crippen LogP contribution in [-0.2, 0) is 0 Å². The van der Waals surface area contributed by atoms with Crippen molar-refractivity contribution >= 4 is 17.5 Å². The molecule has 0 saturated heterocycles. The monoisotopic (exact) mass is 318 g/mol. The fourth-order valence-electron chi connectivity index (χ4n) is 1.75. The maximum Gasteiger partial charge on any atom is 0.268 e. The zero-order valence-electron chi connectivity index (χ0n) is 10.5. The van der Waals surface area contributed by atoms with Crippen LogP contribution in [0.15, 0.2) is 24.4 Å². The van der Waals surface area contributed by atoms with Crippen LogP contribution in [0.3, 0.4) is 0 Å². The number of amides is 1. The smallest absolute Gasteiger partial charge is 0.268 e. The number of aromatic amines is 1. The highest BCUT2D eigenvalue weighted by Crippen LogP contribution is 2.20. The number of hydrogen-bond donors (Lipinski definition) is 3. The van der Waals surface area contributed by atoms with E-state index in [4.69, 9.17) is 11.6 Å². The van der Waals surface area contributed by atoms with Gasteiger partial charge in [0.2, 0.25) is 0 Å². The number of nitrogens with one attached hydrogen (secondary N) is 2. The molecule has 21 heavy (non-hydrogen) atoms. The van der Waals surface area contributed by atoms with E-state index in [0.717, 1.165) is 0 Å². The normalized spacial score (nSPS) is 12.2. The Morgan fingerprint density at radius 2 is 1.90 bits per heavy atom. The van der Waals surface area contributed by atoms with E-state index >= 15 is 0 Å². The molecule has 1 heterocycles. The molecule has 1 amide bonds. The van der Waals surface area contributed by atoms with Crippen molar-refractivity contribution < 1.29 is 23.1 Å². The van der Waals surface area contributed by atoms with Crippen molar-refractivity contribution in [3.63, 3.8) is 0 Å². The van der Waals surface area contributed by atoms with Crippen LogP contribution in [0.1, 0.15) is 22.1 Å². The van der Waals surface area contributed by atoms with Crippen molar-refractivity contribution in [1.82, 2.24) is 10.3 Å². The summed E-state index contributed by atoms with van der Waals surface area (Å²) < 4.78 is 39.2. The first kappa shape index (κ1) is 15.4. The number of benzene rings is 1. The van der Waals surface area contributed by atoms with E-state index in [1.54, 1.807) is 0 Å². The SMILES string of the molecule is O=C(NC(CO)c1cc(F)c(F)c(F)c1)c1cc(Cl)c[nH]1. The lowest BCUT2D eigenvalue weighted by molar-refractivity contribution is 0.0911. The summed E-state index contributed by atoms with van der Waals surface area (Å²) in [6, 6.07) is 1.67. The van der Waals surface area contributed by atoms with Crippen LogP contribution < -0.4 is 5.32 Å². The Hall–Kier alpha value is -1.99. The largest absolute Gasteiger partial charge is 0.394 e. The number of carbonyl (C=O) groups excluding carboxylic acids is 1. The van der Waals surface area contributed by atoms with Crippen LogP contribution in [0.4, 0.5) is 13.2 Å². The van der Waals surface area contributed by atoms with Crippen molar-refractivity contribution in [1.29, 1.82) is 0 Å². The first-order chi connectivity index (χ1) is 9.92. The van der Waals surface area contributed by atoms with Gasteiger partial charge in [-0.15, -0.1) is 0 Å². The van der Waals surface area contributed by atoms with E-state index in [1.165, 1.54) is 12.3 Å². The number of carbonyl (C=O) groups is 1. The molecule has 1 atom stereocenters. The van der Waals surface area contributed by atoms with Crippen molar-refractivity contribution in [2.75, 3.05) is 6.61 Å². The van der Waals surface area contributed by atoms with Gasteiger partial charge in [-0.05, 0) is 23.8 Å². The van der Waals surface area contributed by atoms with Crippen molar-refractivity contribution in [2.45, 2.75) is 6.04 Å². The lowest BCUT2D eigenvalue weighted by Gasteiger charge is -2.16. The van der Waals surface area contributed by atoms with Gasteiger partial charge in [0, 0.05) is 6.20 Å². The van der Waals surface area contributed by atoms with E-state index in [1.807, 2.05) is 0 Å². The highest BCUT2D eigenvalue weighted by molar-refractivity contribution is 6.30. The molecular weight excluding hydrogens is 309 g/mol. The third-order valence-corrected chi connectivity index (χ3v) is 3.01. The van der Waals surface area contributed by atoms with Gasteiger partial charge in [-0.25, -0.2) is 13.2 Å². The highest BCUT2D eigenvalue weighted by atomic mass is 35.5. The second-order valence-electron chi connectivity index (χ2n) is 4.24. The molecule has 2 rings (SSSR count). The molecule has 4 nitrogen and oxygen atoms in total. The highest BCUT2D eigenvalue weighted by Gasteiger charge is 2.20. The molecular formula is C13H10ClF3N2O2. The van der Waals surface area contributed by atoms with Gasteiger partial charge in [-0.2, -0.15) is 0 Å². The lowest BCUT2D eigenvalue weighted by atomic mass is 10.1. The van der Waals surface area contributed by atoms with Crippen LogP contribution in [0.2, 0.25) is 5.02 Å². The third kappa shape index (κ3) is 3.37. The zero-order valence-corrected chi connectivity index (χ0v) is 11.2. The molecule has 112 valence electrons. The minimum Gasteiger partial charge on any atom is -0.394 e. The van der Waals surface area contributed by atoms with Crippen molar-refractivity contribution in [2.24, 2.45) is 0 Å². The summed E-state index contributed by atoms with van der Waals surface area (Å²) in [5, 5.41) is 11.9. The number of hydrogen-bond acceptors (Lipinski definition) is 2. The maximum absolute atomic E-state index is 13.2. The molecule has 1 aromatic heterocycles. The van der Waals surface area contributed by atoms with Gasteiger partial charge in [0.1, 0.15) is 5.69 Å². The van der Waals surface area contributed by atoms with E-state index in [-0.39, 0.29) is 11.3 Å². The van der Waals surface area contributed by atoms with Crippen LogP contribution in [0, 0.1) is 17.5 Å². The fraction of sp³-hybridized carbons (Fsp3) is 0.154. The molecule has 1 aromatic carbocycles. The molecule has 8 heteroatoms. The number of rotatable bonds is 4. The molecule has 0 aliphatic heterocycles. The second kappa shape index (κ2) is 6.19. The minimum absolute atomic E-state index is 0.0973. The lowest BCUT2D eigenvalue weighted by Crippen LogP contribution is -2.31. The molecule has 0 aliphatic rings. The number of aliphatic hydroxyl groups excluding tert-OH is 1. The van der Waals surface area contributed by atoms with Crippen molar-refractivity contribution in [3.05, 3.63) is 58.1 Å². The van der Waals surface area contributed by atoms with Gasteiger partial charge in [0.05, 0.1) is 17.7 Å². The zero-order chi connectivity index (χ0) is 15.6. The van der Waals surface area contributed by atoms with Gasteiger partial charge >= 0.3 is 0 Å². The van der Waals surface area contributed by atoms with Crippen molar-refractivity contribution in [3.8, 4) is 0 Å². The summed E-state index contributed by atoms with van der Waals surface area (Å²) in [7, 11) is 0. The predicted octanol–water partition coefficient (Wildman–Crippen LogP) is 2.55. The second-order valence-corrected chi connectivity index (χ2v) is 4.68. The molecule has 0 spiro atoms. The summed E-state index contributed by atoms with van der Waals surface area (Å²) in [4.78, 5) is 14.4. The molecule has 0 fully saturated rings. The summed E-state index contributed by atoms with van der Waals surface area (Å²) in [6.45, 7) is -0.620. The Labute approximate surface area is 122 Å². The topological polar surface area (TPSA) is 65.1 Å². The molecule has 0 saturated carbocycles. The first-order valence-corrected chi connectivity index (χ1v) is 6.20. The summed E-state index contributed by atoms with van der Waals surface area (Å²) in [5.41, 5.74) is 0.0152. The summed E-state index contributed by atoms with van der Waals surface area (Å²) in [6.07, 6.45) is 1.38. The Morgan fingerprint density at radius 3 is 2.38 bits per heavy atom. The predicted molar refractivity (Wildman–Crippen MR) is 69.4 cm³/mol. The van der Waals surface area contributed by atoms with Crippen LogP contribution in [-0.4, -0.2) is 22.6 Å². The number of H-pyrrole nitrogens is 1. The molecule has 3 N–H and O–H groups in total. The first-order valence-electron chi connectivity index (χ1n) is 5.82. The van der Waals surface area contributed by atoms with Crippen LogP contribution in [0.25, 0.3) is 0 Å². The standard InChI is InChI=1S/C13H10ClF3N2O2/c14-7-3-10(18-4-7)13(21)19-11(5-20)6-1-8(15)12(17)9(16)2-6/h1-4,11,18,20H,5H2,(H,19,21). The molecule has 0 radical (unpaired) electrons. The summed E-state index contributed by atoms with van der Waals surface area (Å²) in [5.74, 6) is -5.05. The minimum atomic E-state index is -1.61. The van der Waals surface area contributed by atoms with E-state index in [2.05, 4.69) is 10.3 Å². The number of aliphatic hydroxyl groups is 1. The third-order valence-electron chi connectivity index (χ3n) is 2.79. The molecule has 0 bridgehead atoms. The average Bonchev–Trinajstić information content (AvgIpc) is 2.88. The van der Waals surface area contributed by atoms with E-state index in [0.29, 0.717) is 17.2 Å². The van der Waals surface area contributed by atoms with Gasteiger partial charge in [0.15, 0.2) is 17.5 Å². The van der Waals surface area contributed by atoms with Crippen LogP contribution >= 0.6 is 11.6 Å². The molecule has 1 unspecified atom stereocenters. The van der Waals surface area contributed by atoms with Crippen LogP contribution in [0.5, 0.6) is 0 Å². The summed E-state index contributed by atoms with van der Waals surface area (Å²) >= 11 is 5.65. The number of aromatic nitrogens is 1. The Bertz CT molecular complexity index is 652. The quantitative estimate of drug-likeness (QED) is 0.759. The number of halogens is 4. The Kier molecular flexibility index (Phi) is 4.54. The van der Waals surface area contributed by atoms with E-state index in [9.17, 15) is 23.1 Å². The van der Waals surface area contributed by atoms with Gasteiger partial charge in [0.25, 0.3) is 5.91 Å². The van der Waals surface area contributed by atoms with Gasteiger partial charge in [-0.1, -0.05) is 11.6 Å². The fourth-order valence-corrected chi connectivity index (χ4v) is 1.91. The van der Waals surface area contributed by atoms with E-state index < -0.39 is 36.0 Å². The maximum atomic E-state index is 13.2. The molecule has 0 aliphatic carbocycles. The average molecular weight is 319 g/mol. The Morgan fingerprint density at radius 1 is 1.29 bits per heavy atom.